The Balaban J connectivity index is 1.60. The molecule has 80 valence electrons. The van der Waals surface area contributed by atoms with Crippen LogP contribution in [0.1, 0.15) is 32.6 Å². The van der Waals surface area contributed by atoms with Gasteiger partial charge in [-0.05, 0) is 36.5 Å². The largest absolute Gasteiger partial charge is 0.327 e. The molecule has 0 aromatic carbocycles. The normalized spacial score (nSPS) is 52.3. The van der Waals surface area contributed by atoms with Crippen molar-refractivity contribution in [2.45, 2.75) is 38.6 Å². The Labute approximate surface area is 86.8 Å². The Morgan fingerprint density at radius 2 is 2.07 bits per heavy atom. The van der Waals surface area contributed by atoms with Gasteiger partial charge in [-0.15, -0.1) is 0 Å². The molecule has 3 rings (SSSR count). The molecule has 4 atom stereocenters. The molecule has 2 heteroatoms. The Morgan fingerprint density at radius 3 is 2.64 bits per heavy atom. The molecule has 0 bridgehead atoms. The molecule has 2 N–H and O–H groups in total. The minimum Gasteiger partial charge on any atom is -0.327 e. The lowest BCUT2D eigenvalue weighted by Gasteiger charge is -2.34. The summed E-state index contributed by atoms with van der Waals surface area (Å²) in [4.78, 5) is 2.67. The standard InChI is InChI=1S/C12H22N2/c1-12(4-2-3-11(12)13)8-14-6-9-5-10(9)7-14/h9-11H,2-8,13H2,1H3. The average molecular weight is 194 g/mol. The third kappa shape index (κ3) is 1.40. The fourth-order valence-electron chi connectivity index (χ4n) is 3.59. The number of hydrogen-bond acceptors (Lipinski definition) is 2. The molecule has 1 heterocycles. The minimum absolute atomic E-state index is 0.427. The number of rotatable bonds is 2. The smallest absolute Gasteiger partial charge is 0.0105 e. The molecule has 0 amide bonds. The average Bonchev–Trinajstić information content (AvgIpc) is 2.60. The summed E-state index contributed by atoms with van der Waals surface area (Å²) in [7, 11) is 0. The highest BCUT2D eigenvalue weighted by Gasteiger charge is 2.47. The predicted octanol–water partition coefficient (Wildman–Crippen LogP) is 1.46. The van der Waals surface area contributed by atoms with E-state index in [0.29, 0.717) is 11.5 Å². The van der Waals surface area contributed by atoms with E-state index in [4.69, 9.17) is 5.73 Å². The first-order valence-electron chi connectivity index (χ1n) is 6.15. The summed E-state index contributed by atoms with van der Waals surface area (Å²) in [6, 6.07) is 0.458. The van der Waals surface area contributed by atoms with E-state index >= 15 is 0 Å². The Kier molecular flexibility index (Phi) is 1.94. The van der Waals surface area contributed by atoms with Gasteiger partial charge in [0.25, 0.3) is 0 Å². The molecule has 0 spiro atoms. The van der Waals surface area contributed by atoms with Crippen molar-refractivity contribution < 1.29 is 0 Å². The van der Waals surface area contributed by atoms with Gasteiger partial charge in [-0.3, -0.25) is 0 Å². The highest BCUT2D eigenvalue weighted by atomic mass is 15.2. The summed E-state index contributed by atoms with van der Waals surface area (Å²) in [6.07, 6.45) is 5.45. The Morgan fingerprint density at radius 1 is 1.36 bits per heavy atom. The number of likely N-dealkylation sites (tertiary alicyclic amines) is 1. The second-order valence-corrected chi connectivity index (χ2v) is 6.10. The van der Waals surface area contributed by atoms with Gasteiger partial charge >= 0.3 is 0 Å². The molecule has 1 aliphatic heterocycles. The Bertz CT molecular complexity index is 230. The van der Waals surface area contributed by atoms with E-state index in [1.807, 2.05) is 0 Å². The van der Waals surface area contributed by atoms with Crippen LogP contribution in [0.4, 0.5) is 0 Å². The molecular formula is C12H22N2. The lowest BCUT2D eigenvalue weighted by atomic mass is 9.84. The molecular weight excluding hydrogens is 172 g/mol. The van der Waals surface area contributed by atoms with Gasteiger partial charge in [0, 0.05) is 25.7 Å². The van der Waals surface area contributed by atoms with Gasteiger partial charge in [-0.25, -0.2) is 0 Å². The zero-order valence-electron chi connectivity index (χ0n) is 9.21. The van der Waals surface area contributed by atoms with Crippen molar-refractivity contribution >= 4 is 0 Å². The first-order chi connectivity index (χ1) is 6.67. The maximum Gasteiger partial charge on any atom is 0.0105 e. The SMILES string of the molecule is CC1(CN2CC3CC3C2)CCCC1N. The van der Waals surface area contributed by atoms with Crippen LogP contribution >= 0.6 is 0 Å². The second kappa shape index (κ2) is 2.96. The van der Waals surface area contributed by atoms with Crippen molar-refractivity contribution in [1.29, 1.82) is 0 Å². The van der Waals surface area contributed by atoms with Crippen molar-refractivity contribution in [2.75, 3.05) is 19.6 Å². The zero-order chi connectivity index (χ0) is 9.76. The third-order valence-corrected chi connectivity index (χ3v) is 4.80. The van der Waals surface area contributed by atoms with E-state index in [2.05, 4.69) is 11.8 Å². The van der Waals surface area contributed by atoms with Crippen molar-refractivity contribution in [2.24, 2.45) is 23.0 Å². The lowest BCUT2D eigenvalue weighted by molar-refractivity contribution is 0.165. The van der Waals surface area contributed by atoms with E-state index in [9.17, 15) is 0 Å². The number of fused-ring (bicyclic) bond motifs is 1. The lowest BCUT2D eigenvalue weighted by Crippen LogP contribution is -2.44. The van der Waals surface area contributed by atoms with Crippen molar-refractivity contribution in [3.63, 3.8) is 0 Å². The summed E-state index contributed by atoms with van der Waals surface area (Å²) >= 11 is 0. The molecule has 3 fully saturated rings. The van der Waals surface area contributed by atoms with Gasteiger partial charge in [-0.1, -0.05) is 13.3 Å². The van der Waals surface area contributed by atoms with Crippen LogP contribution < -0.4 is 5.73 Å². The fourth-order valence-corrected chi connectivity index (χ4v) is 3.59. The maximum atomic E-state index is 6.21. The molecule has 0 aromatic heterocycles. The van der Waals surface area contributed by atoms with Gasteiger partial charge in [0.15, 0.2) is 0 Å². The van der Waals surface area contributed by atoms with Crippen molar-refractivity contribution in [3.05, 3.63) is 0 Å². The van der Waals surface area contributed by atoms with Crippen LogP contribution in [0.2, 0.25) is 0 Å². The molecule has 2 nitrogen and oxygen atoms in total. The van der Waals surface area contributed by atoms with Crippen LogP contribution in [-0.4, -0.2) is 30.6 Å². The van der Waals surface area contributed by atoms with Crippen LogP contribution in [0.25, 0.3) is 0 Å². The summed E-state index contributed by atoms with van der Waals surface area (Å²) in [5.74, 6) is 2.13. The number of piperidine rings is 1. The van der Waals surface area contributed by atoms with Crippen molar-refractivity contribution in [3.8, 4) is 0 Å². The minimum atomic E-state index is 0.427. The van der Waals surface area contributed by atoms with Gasteiger partial charge in [0.1, 0.15) is 0 Å². The molecule has 4 unspecified atom stereocenters. The van der Waals surface area contributed by atoms with Crippen molar-refractivity contribution in [1.82, 2.24) is 4.90 Å². The van der Waals surface area contributed by atoms with Gasteiger partial charge < -0.3 is 10.6 Å². The highest BCUT2D eigenvalue weighted by molar-refractivity contribution is 5.00. The fraction of sp³-hybridized carbons (Fsp3) is 1.00. The number of nitrogens with two attached hydrogens (primary N) is 1. The van der Waals surface area contributed by atoms with Gasteiger partial charge in [-0.2, -0.15) is 0 Å². The first kappa shape index (κ1) is 9.17. The topological polar surface area (TPSA) is 29.3 Å². The molecule has 2 aliphatic carbocycles. The zero-order valence-corrected chi connectivity index (χ0v) is 9.21. The monoisotopic (exact) mass is 194 g/mol. The third-order valence-electron chi connectivity index (χ3n) is 4.80. The van der Waals surface area contributed by atoms with Gasteiger partial charge in [0.05, 0.1) is 0 Å². The predicted molar refractivity (Wildman–Crippen MR) is 58.0 cm³/mol. The molecule has 0 radical (unpaired) electrons. The van der Waals surface area contributed by atoms with Crippen LogP contribution in [0.3, 0.4) is 0 Å². The molecule has 3 aliphatic rings. The molecule has 0 aromatic rings. The number of hydrogen-bond donors (Lipinski definition) is 1. The molecule has 14 heavy (non-hydrogen) atoms. The van der Waals surface area contributed by atoms with E-state index < -0.39 is 0 Å². The van der Waals surface area contributed by atoms with Gasteiger partial charge in [0.2, 0.25) is 0 Å². The van der Waals surface area contributed by atoms with Crippen LogP contribution in [0.15, 0.2) is 0 Å². The summed E-state index contributed by atoms with van der Waals surface area (Å²) < 4.78 is 0. The van der Waals surface area contributed by atoms with E-state index in [0.717, 1.165) is 11.8 Å². The quantitative estimate of drug-likeness (QED) is 0.721. The van der Waals surface area contributed by atoms with E-state index in [1.54, 1.807) is 0 Å². The summed E-state index contributed by atoms with van der Waals surface area (Å²) in [5, 5.41) is 0. The van der Waals surface area contributed by atoms with E-state index in [-0.39, 0.29) is 0 Å². The molecule has 2 saturated carbocycles. The van der Waals surface area contributed by atoms with E-state index in [1.165, 1.54) is 45.3 Å². The maximum absolute atomic E-state index is 6.21. The number of nitrogens with zero attached hydrogens (tertiary/aromatic N) is 1. The Hall–Kier alpha value is -0.0800. The highest BCUT2D eigenvalue weighted by Crippen LogP contribution is 2.47. The second-order valence-electron chi connectivity index (χ2n) is 6.10. The van der Waals surface area contributed by atoms with Crippen LogP contribution in [0, 0.1) is 17.3 Å². The summed E-state index contributed by atoms with van der Waals surface area (Å²) in [5.41, 5.74) is 6.64. The summed E-state index contributed by atoms with van der Waals surface area (Å²) in [6.45, 7) is 6.40. The molecule has 1 saturated heterocycles. The first-order valence-corrected chi connectivity index (χ1v) is 6.15. The van der Waals surface area contributed by atoms with Crippen LogP contribution in [0.5, 0.6) is 0 Å². The van der Waals surface area contributed by atoms with Crippen LogP contribution in [-0.2, 0) is 0 Å².